The quantitative estimate of drug-likeness (QED) is 0.906. The lowest BCUT2D eigenvalue weighted by Crippen LogP contribution is -2.45. The molecule has 8 heteroatoms. The summed E-state index contributed by atoms with van der Waals surface area (Å²) in [7, 11) is 1.79. The van der Waals surface area contributed by atoms with Crippen LogP contribution in [0.25, 0.3) is 0 Å². The SMILES string of the molecule is Cn1cc(O[C@@H]2COC[C@@H]2NC(=O)c2cc(C#N)ccc2Cl)cn1. The standard InChI is InChI=1S/C16H15ClN4O3/c1-21-7-11(6-19-21)24-15-9-23-8-14(15)20-16(22)12-4-10(5-18)2-3-13(12)17/h2-4,6-7,14-15H,8-9H2,1H3,(H,20,22)/t14-,15+/m0/s1. The maximum atomic E-state index is 12.5. The number of aryl methyl sites for hydroxylation is 1. The first-order chi connectivity index (χ1) is 11.6. The third-order valence-electron chi connectivity index (χ3n) is 3.65. The zero-order valence-corrected chi connectivity index (χ0v) is 13.7. The van der Waals surface area contributed by atoms with Crippen LogP contribution in [0, 0.1) is 11.3 Å². The Bertz CT molecular complexity index is 799. The van der Waals surface area contributed by atoms with E-state index in [0.29, 0.717) is 24.5 Å². The van der Waals surface area contributed by atoms with Crippen molar-refractivity contribution in [2.24, 2.45) is 7.05 Å². The van der Waals surface area contributed by atoms with Crippen LogP contribution in [0.2, 0.25) is 5.02 Å². The van der Waals surface area contributed by atoms with Gasteiger partial charge in [-0.15, -0.1) is 0 Å². The third-order valence-corrected chi connectivity index (χ3v) is 3.98. The molecule has 2 atom stereocenters. The van der Waals surface area contributed by atoms with Crippen molar-refractivity contribution in [1.82, 2.24) is 15.1 Å². The molecule has 0 unspecified atom stereocenters. The van der Waals surface area contributed by atoms with Crippen LogP contribution < -0.4 is 10.1 Å². The number of benzene rings is 1. The molecule has 0 aliphatic carbocycles. The van der Waals surface area contributed by atoms with E-state index in [9.17, 15) is 4.79 Å². The van der Waals surface area contributed by atoms with Crippen LogP contribution in [0.1, 0.15) is 15.9 Å². The Labute approximate surface area is 143 Å². The zero-order chi connectivity index (χ0) is 17.1. The number of carbonyl (C=O) groups excluding carboxylic acids is 1. The summed E-state index contributed by atoms with van der Waals surface area (Å²) in [6.07, 6.45) is 3.02. The molecule has 3 rings (SSSR count). The fourth-order valence-electron chi connectivity index (χ4n) is 2.43. The summed E-state index contributed by atoms with van der Waals surface area (Å²) >= 11 is 6.06. The van der Waals surface area contributed by atoms with Crippen molar-refractivity contribution in [2.75, 3.05) is 13.2 Å². The fourth-order valence-corrected chi connectivity index (χ4v) is 2.64. The van der Waals surface area contributed by atoms with Gasteiger partial charge in [0.05, 0.1) is 53.9 Å². The second-order valence-corrected chi connectivity index (χ2v) is 5.84. The normalized spacial score (nSPS) is 19.7. The number of halogens is 1. The van der Waals surface area contributed by atoms with E-state index in [1.165, 1.54) is 12.1 Å². The summed E-state index contributed by atoms with van der Waals surface area (Å²) < 4.78 is 12.9. The van der Waals surface area contributed by atoms with Gasteiger partial charge in [-0.1, -0.05) is 11.6 Å². The molecule has 1 amide bonds. The van der Waals surface area contributed by atoms with Crippen molar-refractivity contribution in [3.05, 3.63) is 46.7 Å². The molecule has 24 heavy (non-hydrogen) atoms. The van der Waals surface area contributed by atoms with Gasteiger partial charge in [-0.3, -0.25) is 9.48 Å². The number of ether oxygens (including phenoxy) is 2. The molecule has 2 heterocycles. The smallest absolute Gasteiger partial charge is 0.253 e. The average molecular weight is 347 g/mol. The molecule has 1 aliphatic heterocycles. The van der Waals surface area contributed by atoms with Gasteiger partial charge in [0, 0.05) is 7.05 Å². The number of hydrogen-bond donors (Lipinski definition) is 1. The van der Waals surface area contributed by atoms with Gasteiger partial charge in [-0.25, -0.2) is 0 Å². The van der Waals surface area contributed by atoms with Crippen LogP contribution in [0.5, 0.6) is 5.75 Å². The Balaban J connectivity index is 1.70. The largest absolute Gasteiger partial charge is 0.482 e. The van der Waals surface area contributed by atoms with Gasteiger partial charge in [-0.05, 0) is 18.2 Å². The maximum Gasteiger partial charge on any atom is 0.253 e. The van der Waals surface area contributed by atoms with Crippen molar-refractivity contribution < 1.29 is 14.3 Å². The lowest BCUT2D eigenvalue weighted by Gasteiger charge is -2.20. The molecule has 1 saturated heterocycles. The monoisotopic (exact) mass is 346 g/mol. The summed E-state index contributed by atoms with van der Waals surface area (Å²) in [6, 6.07) is 6.23. The van der Waals surface area contributed by atoms with E-state index in [4.69, 9.17) is 26.3 Å². The van der Waals surface area contributed by atoms with Crippen LogP contribution in [-0.2, 0) is 11.8 Å². The average Bonchev–Trinajstić information content (AvgIpc) is 3.17. The van der Waals surface area contributed by atoms with E-state index >= 15 is 0 Å². The number of amides is 1. The molecular formula is C16H15ClN4O3. The molecule has 0 saturated carbocycles. The van der Waals surface area contributed by atoms with Crippen molar-refractivity contribution in [3.8, 4) is 11.8 Å². The molecule has 0 radical (unpaired) electrons. The Hall–Kier alpha value is -2.56. The molecule has 1 aromatic heterocycles. The number of hydrogen-bond acceptors (Lipinski definition) is 5. The van der Waals surface area contributed by atoms with Crippen molar-refractivity contribution in [3.63, 3.8) is 0 Å². The van der Waals surface area contributed by atoms with E-state index < -0.39 is 0 Å². The predicted molar refractivity (Wildman–Crippen MR) is 85.9 cm³/mol. The minimum Gasteiger partial charge on any atom is -0.482 e. The molecule has 1 aliphatic rings. The molecule has 1 aromatic carbocycles. The van der Waals surface area contributed by atoms with Gasteiger partial charge < -0.3 is 14.8 Å². The Morgan fingerprint density at radius 3 is 3.08 bits per heavy atom. The highest BCUT2D eigenvalue weighted by molar-refractivity contribution is 6.33. The number of nitrogens with zero attached hydrogens (tertiary/aromatic N) is 3. The number of nitrogens with one attached hydrogen (secondary N) is 1. The van der Waals surface area contributed by atoms with E-state index in [0.717, 1.165) is 0 Å². The topological polar surface area (TPSA) is 89.2 Å². The third kappa shape index (κ3) is 3.50. The summed E-state index contributed by atoms with van der Waals surface area (Å²) in [4.78, 5) is 12.5. The Morgan fingerprint density at radius 2 is 2.38 bits per heavy atom. The predicted octanol–water partition coefficient (Wildman–Crippen LogP) is 1.52. The van der Waals surface area contributed by atoms with Crippen LogP contribution in [0.15, 0.2) is 30.6 Å². The van der Waals surface area contributed by atoms with Gasteiger partial charge in [0.25, 0.3) is 5.91 Å². The lowest BCUT2D eigenvalue weighted by molar-refractivity contribution is 0.0904. The first-order valence-corrected chi connectivity index (χ1v) is 7.68. The summed E-state index contributed by atoms with van der Waals surface area (Å²) in [6.45, 7) is 0.706. The molecule has 1 N–H and O–H groups in total. The molecule has 7 nitrogen and oxygen atoms in total. The van der Waals surface area contributed by atoms with E-state index in [2.05, 4.69) is 10.4 Å². The second-order valence-electron chi connectivity index (χ2n) is 5.43. The summed E-state index contributed by atoms with van der Waals surface area (Å²) in [5.41, 5.74) is 0.623. The van der Waals surface area contributed by atoms with Gasteiger partial charge in [0.2, 0.25) is 0 Å². The highest BCUT2D eigenvalue weighted by Crippen LogP contribution is 2.20. The maximum absolute atomic E-state index is 12.5. The molecule has 0 spiro atoms. The number of nitriles is 1. The highest BCUT2D eigenvalue weighted by Gasteiger charge is 2.32. The highest BCUT2D eigenvalue weighted by atomic mass is 35.5. The molecular weight excluding hydrogens is 332 g/mol. The van der Waals surface area contributed by atoms with Crippen LogP contribution in [0.4, 0.5) is 0 Å². The fraction of sp³-hybridized carbons (Fsp3) is 0.312. The Kier molecular flexibility index (Phi) is 4.69. The van der Waals surface area contributed by atoms with E-state index in [1.807, 2.05) is 6.07 Å². The minimum absolute atomic E-state index is 0.253. The second kappa shape index (κ2) is 6.91. The first kappa shape index (κ1) is 16.3. The molecule has 1 fully saturated rings. The summed E-state index contributed by atoms with van der Waals surface area (Å²) in [5.74, 6) is 0.240. The number of carbonyl (C=O) groups is 1. The first-order valence-electron chi connectivity index (χ1n) is 7.30. The van der Waals surface area contributed by atoms with Crippen LogP contribution in [-0.4, -0.2) is 41.0 Å². The lowest BCUT2D eigenvalue weighted by atomic mass is 10.1. The zero-order valence-electron chi connectivity index (χ0n) is 12.9. The number of rotatable bonds is 4. The summed E-state index contributed by atoms with van der Waals surface area (Å²) in [5, 5.41) is 16.1. The minimum atomic E-state index is -0.368. The van der Waals surface area contributed by atoms with Crippen molar-refractivity contribution in [1.29, 1.82) is 5.26 Å². The van der Waals surface area contributed by atoms with E-state index in [1.54, 1.807) is 30.2 Å². The van der Waals surface area contributed by atoms with Crippen molar-refractivity contribution in [2.45, 2.75) is 12.1 Å². The van der Waals surface area contributed by atoms with Gasteiger partial charge in [0.1, 0.15) is 6.10 Å². The Morgan fingerprint density at radius 1 is 1.54 bits per heavy atom. The molecule has 2 aromatic rings. The van der Waals surface area contributed by atoms with Gasteiger partial charge in [-0.2, -0.15) is 10.4 Å². The van der Waals surface area contributed by atoms with Crippen LogP contribution >= 0.6 is 11.6 Å². The molecule has 0 bridgehead atoms. The van der Waals surface area contributed by atoms with Gasteiger partial charge >= 0.3 is 0 Å². The van der Waals surface area contributed by atoms with Crippen LogP contribution in [0.3, 0.4) is 0 Å². The van der Waals surface area contributed by atoms with Crippen molar-refractivity contribution >= 4 is 17.5 Å². The van der Waals surface area contributed by atoms with Gasteiger partial charge in [0.15, 0.2) is 5.75 Å². The van der Waals surface area contributed by atoms with E-state index in [-0.39, 0.29) is 28.6 Å². The molecule has 124 valence electrons. The number of aromatic nitrogens is 2.